The minimum Gasteiger partial charge on any atom is -0.496 e. The molecule has 0 bridgehead atoms. The van der Waals surface area contributed by atoms with Crippen LogP contribution in [0, 0.1) is 18.8 Å². The van der Waals surface area contributed by atoms with Gasteiger partial charge >= 0.3 is 0 Å². The van der Waals surface area contributed by atoms with E-state index < -0.39 is 0 Å². The summed E-state index contributed by atoms with van der Waals surface area (Å²) in [5, 5.41) is 7.19. The first-order valence-corrected chi connectivity index (χ1v) is 16.4. The number of hydrogen-bond acceptors (Lipinski definition) is 7. The first-order chi connectivity index (χ1) is 20.8. The lowest BCUT2D eigenvalue weighted by atomic mass is 10.1. The van der Waals surface area contributed by atoms with Crippen molar-refractivity contribution in [3.8, 4) is 22.2 Å². The lowest BCUT2D eigenvalue weighted by Gasteiger charge is -2.18. The third-order valence-electron chi connectivity index (χ3n) is 8.61. The topological polar surface area (TPSA) is 93.7 Å². The quantitative estimate of drug-likeness (QED) is 0.126. The predicted octanol–water partition coefficient (Wildman–Crippen LogP) is 6.67. The van der Waals surface area contributed by atoms with Crippen LogP contribution in [-0.4, -0.2) is 60.0 Å². The van der Waals surface area contributed by atoms with Crippen LogP contribution in [0.2, 0.25) is 0 Å². The summed E-state index contributed by atoms with van der Waals surface area (Å²) in [4.78, 5) is 35.3. The SMILES string of the molecule is COc1ccc2c(O[C@H]3CC[C@H](C(=O)N[C@@H]4C[C@H]4/C=C\CCCCN(C)C=O)C3)cc(-c3nc(C(C)C)cs3)nc2c1C. The maximum atomic E-state index is 13.1. The number of rotatable bonds is 14. The number of unbranched alkanes of at least 4 members (excludes halogenated alkanes) is 2. The molecule has 2 amide bonds. The van der Waals surface area contributed by atoms with Crippen molar-refractivity contribution in [3.05, 3.63) is 47.0 Å². The molecule has 9 heteroatoms. The highest BCUT2D eigenvalue weighted by molar-refractivity contribution is 7.13. The number of nitrogens with one attached hydrogen (secondary N) is 1. The Labute approximate surface area is 258 Å². The molecule has 0 spiro atoms. The third-order valence-corrected chi connectivity index (χ3v) is 9.49. The van der Waals surface area contributed by atoms with Gasteiger partial charge in [0.25, 0.3) is 0 Å². The highest BCUT2D eigenvalue weighted by Crippen LogP contribution is 2.39. The molecule has 0 radical (unpaired) electrons. The van der Waals surface area contributed by atoms with E-state index in [-0.39, 0.29) is 24.0 Å². The molecule has 4 atom stereocenters. The van der Waals surface area contributed by atoms with E-state index in [0.29, 0.717) is 18.3 Å². The van der Waals surface area contributed by atoms with E-state index in [9.17, 15) is 9.59 Å². The Bertz CT molecular complexity index is 1470. The molecule has 0 aliphatic heterocycles. The van der Waals surface area contributed by atoms with Gasteiger partial charge in [-0.25, -0.2) is 9.97 Å². The number of pyridine rings is 1. The largest absolute Gasteiger partial charge is 0.496 e. The summed E-state index contributed by atoms with van der Waals surface area (Å²) in [6, 6.07) is 6.22. The standard InChI is InChI=1S/C34H44N4O4S/c1-21(2)29-19-43-34(37-29)28-18-31(26-13-14-30(41-5)22(3)32(26)35-28)42-25-12-11-24(16-25)33(40)36-27-17-23(27)10-8-6-7-9-15-38(4)20-39/h8,10,13-14,18-21,23-25,27H,6-7,9,11-12,15-17H2,1-5H3,(H,36,40)/b10-8-/t23-,24+,25+,27-/m1/s1. The van der Waals surface area contributed by atoms with E-state index in [1.54, 1.807) is 30.4 Å². The van der Waals surface area contributed by atoms with Gasteiger partial charge in [0.1, 0.15) is 22.2 Å². The molecule has 1 aromatic carbocycles. The minimum absolute atomic E-state index is 0.0349. The summed E-state index contributed by atoms with van der Waals surface area (Å²) < 4.78 is 12.2. The average molecular weight is 605 g/mol. The van der Waals surface area contributed by atoms with Gasteiger partial charge < -0.3 is 19.7 Å². The summed E-state index contributed by atoms with van der Waals surface area (Å²) in [7, 11) is 3.48. The van der Waals surface area contributed by atoms with Gasteiger partial charge in [-0.1, -0.05) is 26.0 Å². The molecule has 2 fully saturated rings. The Morgan fingerprint density at radius 1 is 1.19 bits per heavy atom. The molecule has 0 saturated heterocycles. The van der Waals surface area contributed by atoms with Gasteiger partial charge in [0.15, 0.2) is 0 Å². The second-order valence-electron chi connectivity index (χ2n) is 12.3. The molecule has 2 saturated carbocycles. The maximum absolute atomic E-state index is 13.1. The number of aryl methyl sites for hydroxylation is 1. The molecule has 43 heavy (non-hydrogen) atoms. The van der Waals surface area contributed by atoms with Crippen LogP contribution in [0.25, 0.3) is 21.6 Å². The summed E-state index contributed by atoms with van der Waals surface area (Å²) in [6.07, 6.45) is 11.7. The lowest BCUT2D eigenvalue weighted by molar-refractivity contribution is -0.125. The molecule has 8 nitrogen and oxygen atoms in total. The molecule has 0 unspecified atom stereocenters. The predicted molar refractivity (Wildman–Crippen MR) is 172 cm³/mol. The Morgan fingerprint density at radius 2 is 2.02 bits per heavy atom. The van der Waals surface area contributed by atoms with Crippen molar-refractivity contribution < 1.29 is 19.1 Å². The van der Waals surface area contributed by atoms with E-state index in [0.717, 1.165) is 95.8 Å². The van der Waals surface area contributed by atoms with Crippen LogP contribution in [0.15, 0.2) is 35.7 Å². The van der Waals surface area contributed by atoms with E-state index in [1.165, 1.54) is 0 Å². The Hall–Kier alpha value is -3.46. The zero-order chi connectivity index (χ0) is 30.5. The van der Waals surface area contributed by atoms with E-state index in [2.05, 4.69) is 36.7 Å². The van der Waals surface area contributed by atoms with Crippen molar-refractivity contribution in [3.63, 3.8) is 0 Å². The molecule has 230 valence electrons. The Morgan fingerprint density at radius 3 is 2.77 bits per heavy atom. The second-order valence-corrected chi connectivity index (χ2v) is 13.2. The number of allylic oxidation sites excluding steroid dienone is 1. The number of thiazole rings is 1. The maximum Gasteiger partial charge on any atom is 0.223 e. The van der Waals surface area contributed by atoms with E-state index in [1.807, 2.05) is 25.1 Å². The van der Waals surface area contributed by atoms with Gasteiger partial charge in [-0.2, -0.15) is 0 Å². The molecule has 2 aliphatic carbocycles. The Kier molecular flexibility index (Phi) is 10.0. The van der Waals surface area contributed by atoms with E-state index in [4.69, 9.17) is 19.4 Å². The van der Waals surface area contributed by atoms with Crippen LogP contribution in [0.3, 0.4) is 0 Å². The van der Waals surface area contributed by atoms with Gasteiger partial charge in [-0.05, 0) is 75.8 Å². The number of methoxy groups -OCH3 is 1. The number of carbonyl (C=O) groups is 2. The highest BCUT2D eigenvalue weighted by Gasteiger charge is 2.39. The number of carbonyl (C=O) groups excluding carboxylic acids is 2. The molecule has 1 N–H and O–H groups in total. The van der Waals surface area contributed by atoms with Gasteiger partial charge in [-0.15, -0.1) is 11.3 Å². The number of ether oxygens (including phenoxy) is 2. The molecular formula is C34H44N4O4S. The van der Waals surface area contributed by atoms with Crippen LogP contribution in [0.5, 0.6) is 11.5 Å². The molecule has 2 aromatic heterocycles. The number of aromatic nitrogens is 2. The lowest BCUT2D eigenvalue weighted by Crippen LogP contribution is -2.32. The fourth-order valence-electron chi connectivity index (χ4n) is 5.78. The molecule has 5 rings (SSSR count). The van der Waals surface area contributed by atoms with Gasteiger partial charge in [-0.3, -0.25) is 9.59 Å². The zero-order valence-electron chi connectivity index (χ0n) is 26.0. The van der Waals surface area contributed by atoms with Crippen molar-refractivity contribution in [2.75, 3.05) is 20.7 Å². The summed E-state index contributed by atoms with van der Waals surface area (Å²) in [6.45, 7) is 7.10. The fourth-order valence-corrected chi connectivity index (χ4v) is 6.72. The molecule has 3 aromatic rings. The Balaban J connectivity index is 1.20. The first-order valence-electron chi connectivity index (χ1n) is 15.5. The molecule has 2 aliphatic rings. The van der Waals surface area contributed by atoms with Gasteiger partial charge in [0.2, 0.25) is 12.3 Å². The summed E-state index contributed by atoms with van der Waals surface area (Å²) in [5.74, 6) is 2.46. The van der Waals surface area contributed by atoms with Crippen LogP contribution in [0.1, 0.15) is 76.0 Å². The number of hydrogen-bond donors (Lipinski definition) is 1. The van der Waals surface area contributed by atoms with Crippen molar-refractivity contribution in [1.29, 1.82) is 0 Å². The van der Waals surface area contributed by atoms with Gasteiger partial charge in [0.05, 0.1) is 24.4 Å². The minimum atomic E-state index is -0.0352. The molecule has 2 heterocycles. The van der Waals surface area contributed by atoms with Gasteiger partial charge in [0, 0.05) is 47.9 Å². The van der Waals surface area contributed by atoms with Crippen molar-refractivity contribution in [1.82, 2.24) is 20.2 Å². The van der Waals surface area contributed by atoms with Crippen LogP contribution < -0.4 is 14.8 Å². The van der Waals surface area contributed by atoms with Crippen molar-refractivity contribution >= 4 is 34.6 Å². The van der Waals surface area contributed by atoms with Crippen LogP contribution in [0.4, 0.5) is 0 Å². The number of fused-ring (bicyclic) bond motifs is 1. The smallest absolute Gasteiger partial charge is 0.223 e. The monoisotopic (exact) mass is 604 g/mol. The van der Waals surface area contributed by atoms with Crippen LogP contribution in [-0.2, 0) is 9.59 Å². The highest BCUT2D eigenvalue weighted by atomic mass is 32.1. The van der Waals surface area contributed by atoms with Crippen molar-refractivity contribution in [2.24, 2.45) is 11.8 Å². The van der Waals surface area contributed by atoms with E-state index >= 15 is 0 Å². The number of nitrogens with zero attached hydrogens (tertiary/aromatic N) is 3. The normalized spacial score (nSPS) is 21.4. The molecular weight excluding hydrogens is 560 g/mol. The summed E-state index contributed by atoms with van der Waals surface area (Å²) >= 11 is 1.60. The number of amides is 2. The first kappa shape index (κ1) is 31.0. The average Bonchev–Trinajstić information content (AvgIpc) is 3.35. The third kappa shape index (κ3) is 7.55. The fraction of sp³-hybridized carbons (Fsp3) is 0.529. The summed E-state index contributed by atoms with van der Waals surface area (Å²) in [5.41, 5.74) is 3.67. The number of benzene rings is 1. The van der Waals surface area contributed by atoms with Crippen LogP contribution >= 0.6 is 11.3 Å². The zero-order valence-corrected chi connectivity index (χ0v) is 26.8. The van der Waals surface area contributed by atoms with Crippen molar-refractivity contribution in [2.45, 2.75) is 83.8 Å². The second kappa shape index (κ2) is 13.9.